The zero-order chi connectivity index (χ0) is 26.4. The van der Waals surface area contributed by atoms with Crippen molar-refractivity contribution in [1.29, 1.82) is 0 Å². The van der Waals surface area contributed by atoms with Gasteiger partial charge < -0.3 is 4.55 Å². The average molecular weight is 643 g/mol. The second kappa shape index (κ2) is 12.0. The number of hydrogen-bond acceptors (Lipinski definition) is 6. The first kappa shape index (κ1) is 26.9. The minimum Gasteiger partial charge on any atom is -0.744 e. The van der Waals surface area contributed by atoms with Crippen molar-refractivity contribution in [1.82, 2.24) is 4.98 Å². The lowest BCUT2D eigenvalue weighted by molar-refractivity contribution is -0.597. The largest absolute Gasteiger partial charge is 0.744 e. The molecule has 0 aliphatic carbocycles. The Morgan fingerprint density at radius 1 is 0.838 bits per heavy atom. The molecule has 0 spiro atoms. The zero-order valence-corrected chi connectivity index (χ0v) is 23.8. The van der Waals surface area contributed by atoms with Gasteiger partial charge in [0.1, 0.15) is 10.1 Å². The van der Waals surface area contributed by atoms with Gasteiger partial charge in [-0.15, -0.1) is 0 Å². The van der Waals surface area contributed by atoms with E-state index in [0.717, 1.165) is 15.8 Å². The molecule has 0 aliphatic heterocycles. The Kier molecular flexibility index (Phi) is 8.70. The molecule has 0 atom stereocenters. The highest BCUT2D eigenvalue weighted by atomic mass is 127. The molecule has 0 radical (unpaired) electrons. The number of hydrogen-bond donors (Lipinski definition) is 1. The van der Waals surface area contributed by atoms with Crippen LogP contribution in [-0.2, 0) is 10.1 Å². The van der Waals surface area contributed by atoms with Crippen molar-refractivity contribution < 1.29 is 39.0 Å². The molecule has 188 valence electrons. The molecule has 5 rings (SSSR count). The molecule has 5 aromatic rings. The molecule has 0 aliphatic rings. The number of aromatic nitrogens is 1. The van der Waals surface area contributed by atoms with Crippen LogP contribution in [0.4, 0.5) is 5.13 Å². The van der Waals surface area contributed by atoms with E-state index in [1.54, 1.807) is 12.1 Å². The number of carbonyl (C=O) groups is 1. The van der Waals surface area contributed by atoms with Gasteiger partial charge in [0.05, 0.1) is 15.1 Å². The Hall–Kier alpha value is -3.12. The lowest BCUT2D eigenvalue weighted by Crippen LogP contribution is -3.61. The first-order chi connectivity index (χ1) is 17.7. The van der Waals surface area contributed by atoms with Crippen molar-refractivity contribution in [3.8, 4) is 0 Å². The molecule has 37 heavy (non-hydrogen) atoms. The van der Waals surface area contributed by atoms with E-state index >= 15 is 0 Å². The summed E-state index contributed by atoms with van der Waals surface area (Å²) in [6.07, 6.45) is 0. The standard InChI is InChI=1S/C21H15IN2OS.C7H8O3S/c1-14-7-12-18-19(13-14)26-21(23-18)24-20(25)15-8-10-17(11-9-15)22-16-5-3-2-4-6-16;1-6-2-4-7(5-3-6)11(8,9)10/h2-13H,1H3;2-5H,1H3,(H,8,9,10). The van der Waals surface area contributed by atoms with Crippen molar-refractivity contribution in [2.45, 2.75) is 18.7 Å². The predicted molar refractivity (Wildman–Crippen MR) is 142 cm³/mol. The summed E-state index contributed by atoms with van der Waals surface area (Å²) in [5.41, 5.74) is 3.69. The first-order valence-corrected chi connectivity index (χ1v) is 15.6. The topological polar surface area (TPSA) is 99.2 Å². The monoisotopic (exact) mass is 642 g/mol. The lowest BCUT2D eigenvalue weighted by atomic mass is 10.2. The summed E-state index contributed by atoms with van der Waals surface area (Å²) in [6.45, 7) is 3.87. The van der Waals surface area contributed by atoms with E-state index in [2.05, 4.69) is 59.7 Å². The van der Waals surface area contributed by atoms with Gasteiger partial charge in [-0.1, -0.05) is 53.3 Å². The highest BCUT2D eigenvalue weighted by Crippen LogP contribution is 2.27. The van der Waals surface area contributed by atoms with Gasteiger partial charge in [0, 0.05) is 5.56 Å². The van der Waals surface area contributed by atoms with Crippen LogP contribution in [0.2, 0.25) is 0 Å². The summed E-state index contributed by atoms with van der Waals surface area (Å²) in [5.74, 6) is -0.120. The second-order valence-electron chi connectivity index (χ2n) is 8.11. The molecule has 0 saturated heterocycles. The number of amides is 1. The first-order valence-electron chi connectivity index (χ1n) is 11.2. The Bertz CT molecular complexity index is 1620. The minimum absolute atomic E-state index is 0.120. The average Bonchev–Trinajstić information content (AvgIpc) is 3.26. The predicted octanol–water partition coefficient (Wildman–Crippen LogP) is 2.88. The number of rotatable bonds is 5. The van der Waals surface area contributed by atoms with Crippen LogP contribution >= 0.6 is 11.3 Å². The molecule has 9 heteroatoms. The quantitative estimate of drug-likeness (QED) is 0.235. The highest BCUT2D eigenvalue weighted by Gasteiger charge is 2.16. The van der Waals surface area contributed by atoms with E-state index in [1.165, 1.54) is 36.2 Å². The number of thiazole rings is 1. The third-order valence-corrected chi connectivity index (χ3v) is 9.60. The van der Waals surface area contributed by atoms with Gasteiger partial charge in [-0.3, -0.25) is 10.1 Å². The highest BCUT2D eigenvalue weighted by molar-refractivity contribution is 7.85. The number of nitrogens with one attached hydrogen (secondary N) is 1. The Morgan fingerprint density at radius 3 is 2.11 bits per heavy atom. The van der Waals surface area contributed by atoms with Crippen LogP contribution in [0.15, 0.2) is 102 Å². The molecule has 0 bridgehead atoms. The third-order valence-electron chi connectivity index (χ3n) is 5.13. The van der Waals surface area contributed by atoms with Gasteiger partial charge in [-0.05, 0) is 80.1 Å². The Morgan fingerprint density at radius 2 is 1.46 bits per heavy atom. The second-order valence-corrected chi connectivity index (χ2v) is 13.5. The smallest absolute Gasteiger partial charge is 0.357 e. The molecular weight excluding hydrogens is 619 g/mol. The van der Waals surface area contributed by atoms with Crippen LogP contribution in [0.25, 0.3) is 10.2 Å². The maximum atomic E-state index is 12.5. The number of carbonyl (C=O) groups excluding carboxylic acids is 1. The molecule has 0 unspecified atom stereocenters. The summed E-state index contributed by atoms with van der Waals surface area (Å²) < 4.78 is 34.9. The van der Waals surface area contributed by atoms with E-state index in [0.29, 0.717) is 10.7 Å². The molecule has 4 aromatic carbocycles. The molecule has 1 aromatic heterocycles. The maximum absolute atomic E-state index is 12.5. The van der Waals surface area contributed by atoms with Crippen molar-refractivity contribution in [3.05, 3.63) is 121 Å². The van der Waals surface area contributed by atoms with Crippen molar-refractivity contribution in [3.63, 3.8) is 0 Å². The van der Waals surface area contributed by atoms with Crippen LogP contribution < -0.4 is 26.5 Å². The van der Waals surface area contributed by atoms with Crippen molar-refractivity contribution in [2.24, 2.45) is 0 Å². The van der Waals surface area contributed by atoms with Crippen LogP contribution in [-0.4, -0.2) is 23.9 Å². The number of fused-ring (bicyclic) bond motifs is 1. The molecule has 0 fully saturated rings. The fourth-order valence-corrected chi connectivity index (χ4v) is 6.87. The summed E-state index contributed by atoms with van der Waals surface area (Å²) in [5, 5.41) is 3.55. The zero-order valence-electron chi connectivity index (χ0n) is 20.0. The Balaban J connectivity index is 0.000000245. The summed E-state index contributed by atoms with van der Waals surface area (Å²) in [7, 11) is -4.27. The van der Waals surface area contributed by atoms with E-state index in [4.69, 9.17) is 0 Å². The number of nitrogens with zero attached hydrogens (tertiary/aromatic N) is 1. The Labute approximate surface area is 230 Å². The molecule has 1 heterocycles. The molecule has 1 amide bonds. The summed E-state index contributed by atoms with van der Waals surface area (Å²) in [6, 6.07) is 30.3. The summed E-state index contributed by atoms with van der Waals surface area (Å²) >= 11 is 1.29. The van der Waals surface area contributed by atoms with Crippen LogP contribution in [0, 0.1) is 21.0 Å². The van der Waals surface area contributed by atoms with E-state index in [9.17, 15) is 17.8 Å². The van der Waals surface area contributed by atoms with E-state index < -0.39 is 10.1 Å². The van der Waals surface area contributed by atoms with Gasteiger partial charge in [0.25, 0.3) is 5.91 Å². The lowest BCUT2D eigenvalue weighted by Gasteiger charge is -2.05. The van der Waals surface area contributed by atoms with Crippen LogP contribution in [0.1, 0.15) is 21.5 Å². The number of benzene rings is 4. The number of anilines is 1. The SMILES string of the molecule is Cc1ccc(S(=O)(=O)[O-])cc1.Cc1ccc2nc(NC(=O)c3ccc([I+]c4ccccc4)cc3)sc2c1. The normalized spacial score (nSPS) is 11.0. The van der Waals surface area contributed by atoms with Gasteiger partial charge in [0.15, 0.2) is 12.3 Å². The minimum atomic E-state index is -4.27. The number of halogens is 1. The molecule has 1 N–H and O–H groups in total. The maximum Gasteiger partial charge on any atom is 0.357 e. The van der Waals surface area contributed by atoms with E-state index in [1.807, 2.05) is 37.3 Å². The number of aryl methyl sites for hydroxylation is 2. The fraction of sp³-hybridized carbons (Fsp3) is 0.0714. The van der Waals surface area contributed by atoms with E-state index in [-0.39, 0.29) is 32.0 Å². The van der Waals surface area contributed by atoms with Gasteiger partial charge in [-0.25, -0.2) is 13.4 Å². The molecule has 6 nitrogen and oxygen atoms in total. The molecule has 0 saturated carbocycles. The van der Waals surface area contributed by atoms with Gasteiger partial charge in [0.2, 0.25) is 0 Å². The fourth-order valence-electron chi connectivity index (χ4n) is 3.23. The summed E-state index contributed by atoms with van der Waals surface area (Å²) in [4.78, 5) is 16.8. The van der Waals surface area contributed by atoms with Crippen LogP contribution in [0.5, 0.6) is 0 Å². The van der Waals surface area contributed by atoms with Crippen molar-refractivity contribution in [2.75, 3.05) is 5.32 Å². The van der Waals surface area contributed by atoms with Gasteiger partial charge in [-0.2, -0.15) is 0 Å². The van der Waals surface area contributed by atoms with Crippen molar-refractivity contribution >= 4 is 42.7 Å². The molecular formula is C28H23IN2O4S2. The van der Waals surface area contributed by atoms with Crippen LogP contribution in [0.3, 0.4) is 0 Å². The third kappa shape index (κ3) is 7.68. The van der Waals surface area contributed by atoms with Gasteiger partial charge >= 0.3 is 21.2 Å².